The van der Waals surface area contributed by atoms with Crippen molar-refractivity contribution in [3.05, 3.63) is 55.2 Å². The second-order valence-corrected chi connectivity index (χ2v) is 13.8. The van der Waals surface area contributed by atoms with E-state index in [-0.39, 0.29) is 42.2 Å². The van der Waals surface area contributed by atoms with Gasteiger partial charge in [-0.3, -0.25) is 38.5 Å². The summed E-state index contributed by atoms with van der Waals surface area (Å²) in [6.45, 7) is 3.66. The van der Waals surface area contributed by atoms with Crippen molar-refractivity contribution in [3.63, 3.8) is 0 Å². The van der Waals surface area contributed by atoms with Gasteiger partial charge in [0, 0.05) is 40.0 Å². The zero-order valence-corrected chi connectivity index (χ0v) is 33.2. The average Bonchev–Trinajstić information content (AvgIpc) is 3.92. The van der Waals surface area contributed by atoms with Gasteiger partial charge in [0.05, 0.1) is 11.4 Å². The molecule has 3 fully saturated rings. The van der Waals surface area contributed by atoms with Crippen LogP contribution in [0.25, 0.3) is 0 Å². The first-order valence-corrected chi connectivity index (χ1v) is 17.6. The maximum absolute atomic E-state index is 14.0. The van der Waals surface area contributed by atoms with Crippen molar-refractivity contribution in [2.24, 2.45) is 0 Å². The first-order valence-electron chi connectivity index (χ1n) is 15.1. The Kier molecular flexibility index (Phi) is 22.2. The molecule has 2 aromatic rings. The number of barbiturate groups is 1. The number of imide groups is 2. The lowest BCUT2D eigenvalue weighted by Gasteiger charge is -2.32. The molecule has 5 rings (SSSR count). The molecule has 0 radical (unpaired) electrons. The monoisotopic (exact) mass is 1010 g/mol. The van der Waals surface area contributed by atoms with E-state index in [0.717, 1.165) is 39.1 Å². The Bertz CT molecular complexity index is 1690. The predicted molar refractivity (Wildman–Crippen MR) is 206 cm³/mol. The third-order valence-electron chi connectivity index (χ3n) is 5.96. The Morgan fingerprint density at radius 3 is 1.69 bits per heavy atom. The van der Waals surface area contributed by atoms with Gasteiger partial charge in [0.15, 0.2) is 0 Å². The molecule has 54 heavy (non-hydrogen) atoms. The molecule has 6 amide bonds. The Morgan fingerprint density at radius 2 is 1.31 bits per heavy atom. The molecule has 1 saturated heterocycles. The van der Waals surface area contributed by atoms with Crippen LogP contribution >= 0.6 is 56.8 Å². The predicted octanol–water partition coefficient (Wildman–Crippen LogP) is 6.04. The maximum Gasteiger partial charge on any atom is 0.338 e. The molecule has 2 aliphatic carbocycles. The SMILES string of the molecule is C.CC(=O)Cl.CC(=O)OC(C)=O.O=C(Nc1ccc(I)cc1F)NC1CC1.O=C(O)CC(=O)O.O=C1CC(=O)N(C2CC2)C(=O)N1c1ccc(I)cc1F. The molecule has 1 heterocycles. The van der Waals surface area contributed by atoms with Crippen molar-refractivity contribution in [1.29, 1.82) is 0 Å². The van der Waals surface area contributed by atoms with Crippen LogP contribution in [0.15, 0.2) is 36.4 Å². The molecule has 296 valence electrons. The van der Waals surface area contributed by atoms with Gasteiger partial charge in [0.25, 0.3) is 0 Å². The van der Waals surface area contributed by atoms with Gasteiger partial charge < -0.3 is 25.6 Å². The van der Waals surface area contributed by atoms with Crippen LogP contribution < -0.4 is 15.5 Å². The molecule has 0 atom stereocenters. The second kappa shape index (κ2) is 24.2. The lowest BCUT2D eigenvalue weighted by molar-refractivity contribution is -0.156. The molecule has 0 bridgehead atoms. The minimum atomic E-state index is -1.31. The highest BCUT2D eigenvalue weighted by atomic mass is 127. The van der Waals surface area contributed by atoms with Gasteiger partial charge in [-0.2, -0.15) is 0 Å². The van der Waals surface area contributed by atoms with Crippen molar-refractivity contribution >= 4 is 121 Å². The van der Waals surface area contributed by atoms with E-state index in [2.05, 4.69) is 27.0 Å². The standard InChI is InChI=1S/C13H10FIN2O3.C10H10FIN2O.C4H6O3.C3H4O4.C2H3ClO.CH4/c14-9-5-7(15)1-4-10(9)17-12(19)6-11(18)16(13(17)20)8-2-3-8;11-8-5-6(12)1-4-9(8)14-10(15)13-7-2-3-7;1-3(5)7-4(2)6;4-2(5)1-3(6)7;1-2(3)4;/h1,4-5,8H,2-3,6H2;1,4-5,7H,2-3H2,(H2,13,14,15);1-2H3;1H2,(H,4,5)(H,6,7);1H3;1H4. The third-order valence-corrected chi connectivity index (χ3v) is 7.30. The highest BCUT2D eigenvalue weighted by Gasteiger charge is 2.46. The van der Waals surface area contributed by atoms with E-state index in [1.807, 2.05) is 45.2 Å². The Labute approximate surface area is 340 Å². The number of benzene rings is 2. The fourth-order valence-corrected chi connectivity index (χ4v) is 4.61. The molecule has 2 aromatic carbocycles. The van der Waals surface area contributed by atoms with Gasteiger partial charge in [-0.1, -0.05) is 7.43 Å². The number of aliphatic carboxylic acids is 2. The Hall–Kier alpha value is -4.32. The number of urea groups is 2. The van der Waals surface area contributed by atoms with Crippen LogP contribution in [0.5, 0.6) is 0 Å². The van der Waals surface area contributed by atoms with Crippen LogP contribution in [-0.2, 0) is 38.3 Å². The average molecular weight is 1010 g/mol. The molecule has 2 saturated carbocycles. The van der Waals surface area contributed by atoms with Crippen LogP contribution in [-0.4, -0.2) is 80.2 Å². The number of carboxylic acid groups (broad SMARTS) is 2. The fourth-order valence-electron chi connectivity index (χ4n) is 3.70. The van der Waals surface area contributed by atoms with Crippen molar-refractivity contribution < 1.29 is 66.9 Å². The summed E-state index contributed by atoms with van der Waals surface area (Å²) in [5.41, 5.74) is 0.118. The minimum Gasteiger partial charge on any atom is -0.481 e. The topological polar surface area (TPSA) is 234 Å². The van der Waals surface area contributed by atoms with Crippen molar-refractivity contribution in [3.8, 4) is 0 Å². The number of carbonyl (C=O) groups excluding carboxylic acids is 7. The molecule has 16 nitrogen and oxygen atoms in total. The largest absolute Gasteiger partial charge is 0.481 e. The van der Waals surface area contributed by atoms with E-state index >= 15 is 0 Å². The summed E-state index contributed by atoms with van der Waals surface area (Å²) in [5.74, 6) is -5.99. The van der Waals surface area contributed by atoms with Gasteiger partial charge in [-0.25, -0.2) is 23.3 Å². The quantitative estimate of drug-likeness (QED) is 0.112. The molecule has 3 aliphatic rings. The molecule has 1 aliphatic heterocycles. The van der Waals surface area contributed by atoms with E-state index in [0.29, 0.717) is 3.57 Å². The van der Waals surface area contributed by atoms with Crippen LogP contribution in [0.2, 0.25) is 0 Å². The number of hydrogen-bond donors (Lipinski definition) is 4. The number of anilines is 2. The number of amides is 6. The van der Waals surface area contributed by atoms with Crippen molar-refractivity contribution in [1.82, 2.24) is 10.2 Å². The number of hydrogen-bond acceptors (Lipinski definition) is 10. The van der Waals surface area contributed by atoms with E-state index in [1.54, 1.807) is 18.2 Å². The lowest BCUT2D eigenvalue weighted by Crippen LogP contribution is -2.56. The van der Waals surface area contributed by atoms with E-state index < -0.39 is 66.2 Å². The summed E-state index contributed by atoms with van der Waals surface area (Å²) in [4.78, 5) is 96.9. The number of rotatable bonds is 6. The minimum absolute atomic E-state index is 0. The summed E-state index contributed by atoms with van der Waals surface area (Å²) in [5, 5.41) is 20.3. The number of nitrogens with zero attached hydrogens (tertiary/aromatic N) is 2. The zero-order chi connectivity index (χ0) is 40.6. The van der Waals surface area contributed by atoms with Gasteiger partial charge in [0.1, 0.15) is 24.5 Å². The first-order chi connectivity index (χ1) is 24.6. The van der Waals surface area contributed by atoms with Crippen molar-refractivity contribution in [2.75, 3.05) is 10.2 Å². The molecular formula is C33H37ClF2I2N4O12. The van der Waals surface area contributed by atoms with Crippen LogP contribution in [0.4, 0.5) is 29.7 Å². The third kappa shape index (κ3) is 20.2. The normalized spacial score (nSPS) is 14.0. The van der Waals surface area contributed by atoms with Crippen molar-refractivity contribution in [2.45, 2.75) is 78.8 Å². The first kappa shape index (κ1) is 49.7. The van der Waals surface area contributed by atoms with Crippen LogP contribution in [0.1, 0.15) is 66.7 Å². The van der Waals surface area contributed by atoms with Gasteiger partial charge in [-0.15, -0.1) is 0 Å². The molecular weight excluding hydrogens is 972 g/mol. The fraction of sp³-hybridized carbons (Fsp3) is 0.364. The number of nitrogens with one attached hydrogen (secondary N) is 2. The number of carboxylic acids is 2. The summed E-state index contributed by atoms with van der Waals surface area (Å²) in [6, 6.07) is 7.98. The van der Waals surface area contributed by atoms with Gasteiger partial charge in [0.2, 0.25) is 17.1 Å². The number of esters is 2. The second-order valence-electron chi connectivity index (χ2n) is 10.8. The highest BCUT2D eigenvalue weighted by Crippen LogP contribution is 2.33. The number of ether oxygens (including phenoxy) is 1. The van der Waals surface area contributed by atoms with Crippen LogP contribution in [0.3, 0.4) is 0 Å². The Morgan fingerprint density at radius 1 is 0.833 bits per heavy atom. The summed E-state index contributed by atoms with van der Waals surface area (Å²) in [7, 11) is 0. The maximum atomic E-state index is 14.0. The molecule has 0 aromatic heterocycles. The molecule has 21 heteroatoms. The zero-order valence-electron chi connectivity index (χ0n) is 28.1. The van der Waals surface area contributed by atoms with E-state index in [1.165, 1.54) is 39.0 Å². The number of carbonyl (C=O) groups is 9. The van der Waals surface area contributed by atoms with E-state index in [9.17, 15) is 51.9 Å². The molecule has 4 N–H and O–H groups in total. The van der Waals surface area contributed by atoms with Gasteiger partial charge in [-0.05, 0) is 119 Å². The van der Waals surface area contributed by atoms with Gasteiger partial charge >= 0.3 is 35.9 Å². The highest BCUT2D eigenvalue weighted by molar-refractivity contribution is 14.1. The molecule has 0 spiro atoms. The van der Waals surface area contributed by atoms with Crippen LogP contribution in [0, 0.1) is 18.8 Å². The smallest absolute Gasteiger partial charge is 0.338 e. The Balaban J connectivity index is 0.000000727. The lowest BCUT2D eigenvalue weighted by atomic mass is 10.2. The number of halogens is 5. The summed E-state index contributed by atoms with van der Waals surface area (Å²) in [6.07, 6.45) is 2.32. The summed E-state index contributed by atoms with van der Waals surface area (Å²) < 4.78 is 32.7. The summed E-state index contributed by atoms with van der Waals surface area (Å²) >= 11 is 8.59. The molecule has 0 unspecified atom stereocenters. The van der Waals surface area contributed by atoms with E-state index in [4.69, 9.17) is 10.2 Å².